The second kappa shape index (κ2) is 7.40. The zero-order valence-electron chi connectivity index (χ0n) is 15.4. The lowest BCUT2D eigenvalue weighted by molar-refractivity contribution is 0.104. The Labute approximate surface area is 160 Å². The first-order valence-electron chi connectivity index (χ1n) is 9.50. The fourth-order valence-electron chi connectivity index (χ4n) is 4.02. The molecular weight excluding hydrogens is 332 g/mol. The number of rotatable bonds is 6. The van der Waals surface area contributed by atoms with Crippen molar-refractivity contribution in [3.05, 3.63) is 82.3 Å². The average Bonchev–Trinajstić information content (AvgIpc) is 3.31. The molecule has 2 nitrogen and oxygen atoms in total. The van der Waals surface area contributed by atoms with E-state index in [0.717, 1.165) is 34.3 Å². The Morgan fingerprint density at radius 1 is 1.04 bits per heavy atom. The molecule has 0 radical (unpaired) electrons. The molecule has 27 heavy (non-hydrogen) atoms. The molecule has 2 aliphatic rings. The first kappa shape index (κ1) is 17.5. The minimum absolute atomic E-state index is 0.0240. The molecule has 3 unspecified atom stereocenters. The molecule has 0 amide bonds. The quantitative estimate of drug-likeness (QED) is 0.444. The molecule has 1 saturated carbocycles. The van der Waals surface area contributed by atoms with Gasteiger partial charge in [0.25, 0.3) is 0 Å². The molecule has 136 valence electrons. The Kier molecular flexibility index (Phi) is 4.81. The highest BCUT2D eigenvalue weighted by molar-refractivity contribution is 6.06. The molecule has 2 aromatic carbocycles. The minimum Gasteiger partial charge on any atom is -0.493 e. The van der Waals surface area contributed by atoms with Gasteiger partial charge in [-0.25, -0.2) is 0 Å². The average molecular weight is 356 g/mol. The van der Waals surface area contributed by atoms with Gasteiger partial charge in [0.15, 0.2) is 5.78 Å². The Morgan fingerprint density at radius 2 is 1.85 bits per heavy atom. The number of fused-ring (bicyclic) bond motifs is 2. The van der Waals surface area contributed by atoms with Crippen LogP contribution in [0.3, 0.4) is 0 Å². The van der Waals surface area contributed by atoms with Crippen molar-refractivity contribution >= 4 is 25.0 Å². The number of carbonyl (C=O) groups is 1. The summed E-state index contributed by atoms with van der Waals surface area (Å²) >= 11 is 0. The van der Waals surface area contributed by atoms with Gasteiger partial charge < -0.3 is 4.74 Å². The minimum atomic E-state index is -0.0240. The molecule has 4 rings (SSSR count). The first-order valence-corrected chi connectivity index (χ1v) is 9.50. The van der Waals surface area contributed by atoms with Crippen molar-refractivity contribution in [3.8, 4) is 5.75 Å². The lowest BCUT2D eigenvalue weighted by atomic mass is 9.95. The SMILES string of the molecule is C=c1ccc(/C=C/C(=O)c2ccc(OCC3CC4C=CC3C4)cc2)cc1=C. The summed E-state index contributed by atoms with van der Waals surface area (Å²) in [5.41, 5.74) is 1.60. The van der Waals surface area contributed by atoms with Crippen LogP contribution in [0.4, 0.5) is 0 Å². The van der Waals surface area contributed by atoms with Crippen LogP contribution in [-0.4, -0.2) is 12.4 Å². The van der Waals surface area contributed by atoms with Gasteiger partial charge >= 0.3 is 0 Å². The largest absolute Gasteiger partial charge is 0.493 e. The summed E-state index contributed by atoms with van der Waals surface area (Å²) < 4.78 is 5.95. The zero-order chi connectivity index (χ0) is 18.8. The predicted octanol–water partition coefficient (Wildman–Crippen LogP) is 3.99. The third kappa shape index (κ3) is 3.95. The van der Waals surface area contributed by atoms with Crippen molar-refractivity contribution in [2.24, 2.45) is 17.8 Å². The molecule has 2 aliphatic carbocycles. The summed E-state index contributed by atoms with van der Waals surface area (Å²) in [6, 6.07) is 13.2. The molecule has 0 heterocycles. The van der Waals surface area contributed by atoms with Gasteiger partial charge in [-0.15, -0.1) is 0 Å². The highest BCUT2D eigenvalue weighted by Gasteiger charge is 2.35. The maximum Gasteiger partial charge on any atom is 0.185 e. The number of hydrogen-bond acceptors (Lipinski definition) is 2. The first-order chi connectivity index (χ1) is 13.1. The Morgan fingerprint density at radius 3 is 2.52 bits per heavy atom. The van der Waals surface area contributed by atoms with Crippen LogP contribution < -0.4 is 15.2 Å². The lowest BCUT2D eigenvalue weighted by Crippen LogP contribution is -2.20. The van der Waals surface area contributed by atoms with Gasteiger partial charge in [-0.1, -0.05) is 43.5 Å². The van der Waals surface area contributed by atoms with E-state index in [9.17, 15) is 4.79 Å². The van der Waals surface area contributed by atoms with Gasteiger partial charge in [0, 0.05) is 5.56 Å². The molecule has 0 N–H and O–H groups in total. The zero-order valence-corrected chi connectivity index (χ0v) is 15.4. The van der Waals surface area contributed by atoms with Crippen LogP contribution in [0.5, 0.6) is 5.75 Å². The number of ether oxygens (including phenoxy) is 1. The number of ketones is 1. The maximum atomic E-state index is 12.4. The van der Waals surface area contributed by atoms with Crippen LogP contribution in [0.1, 0.15) is 28.8 Å². The summed E-state index contributed by atoms with van der Waals surface area (Å²) in [5.74, 6) is 2.89. The van der Waals surface area contributed by atoms with E-state index in [1.165, 1.54) is 12.8 Å². The van der Waals surface area contributed by atoms with Gasteiger partial charge in [-0.05, 0) is 83.0 Å². The fourth-order valence-corrected chi connectivity index (χ4v) is 4.02. The van der Waals surface area contributed by atoms with Crippen LogP contribution in [0, 0.1) is 17.8 Å². The second-order valence-electron chi connectivity index (χ2n) is 7.60. The molecular formula is C25H24O2. The summed E-state index contributed by atoms with van der Waals surface area (Å²) in [7, 11) is 0. The van der Waals surface area contributed by atoms with Crippen molar-refractivity contribution in [1.29, 1.82) is 0 Å². The molecule has 2 bridgehead atoms. The van der Waals surface area contributed by atoms with E-state index in [-0.39, 0.29) is 5.78 Å². The molecule has 0 aliphatic heterocycles. The Bertz CT molecular complexity index is 998. The van der Waals surface area contributed by atoms with Gasteiger partial charge in [0.05, 0.1) is 6.61 Å². The standard InChI is InChI=1S/C25H24O2/c1-17-3-4-19(13-18(17)2)6-12-25(26)21-8-10-24(11-9-21)27-16-23-15-20-5-7-22(23)14-20/h3-13,20,22-23H,1-2,14-16H2/b12-6+. The highest BCUT2D eigenvalue weighted by Crippen LogP contribution is 2.43. The van der Waals surface area contributed by atoms with E-state index >= 15 is 0 Å². The number of hydrogen-bond donors (Lipinski definition) is 0. The molecule has 0 spiro atoms. The summed E-state index contributed by atoms with van der Waals surface area (Å²) in [6.45, 7) is 8.59. The van der Waals surface area contributed by atoms with Crippen LogP contribution in [0.2, 0.25) is 0 Å². The maximum absolute atomic E-state index is 12.4. The van der Waals surface area contributed by atoms with Gasteiger partial charge in [0.1, 0.15) is 5.75 Å². The van der Waals surface area contributed by atoms with Crippen molar-refractivity contribution in [1.82, 2.24) is 0 Å². The van der Waals surface area contributed by atoms with Crippen LogP contribution in [-0.2, 0) is 0 Å². The van der Waals surface area contributed by atoms with Crippen LogP contribution in [0.15, 0.2) is 60.7 Å². The Hall–Kier alpha value is -2.87. The van der Waals surface area contributed by atoms with Crippen LogP contribution >= 0.6 is 0 Å². The number of benzene rings is 2. The van der Waals surface area contributed by atoms with E-state index in [4.69, 9.17) is 4.74 Å². The molecule has 2 heteroatoms. The van der Waals surface area contributed by atoms with Crippen molar-refractivity contribution in [3.63, 3.8) is 0 Å². The van der Waals surface area contributed by atoms with E-state index in [0.29, 0.717) is 17.4 Å². The normalized spacial score (nSPS) is 23.2. The smallest absolute Gasteiger partial charge is 0.185 e. The molecule has 0 aromatic heterocycles. The van der Waals surface area contributed by atoms with E-state index in [1.807, 2.05) is 48.5 Å². The Balaban J connectivity index is 1.35. The summed E-state index contributed by atoms with van der Waals surface area (Å²) in [6.07, 6.45) is 10.6. The number of carbonyl (C=O) groups excluding carboxylic acids is 1. The topological polar surface area (TPSA) is 26.3 Å². The monoisotopic (exact) mass is 356 g/mol. The molecule has 0 saturated heterocycles. The fraction of sp³-hybridized carbons (Fsp3) is 0.240. The van der Waals surface area contributed by atoms with E-state index < -0.39 is 0 Å². The lowest BCUT2D eigenvalue weighted by Gasteiger charge is -2.18. The molecule has 1 fully saturated rings. The van der Waals surface area contributed by atoms with E-state index in [1.54, 1.807) is 6.08 Å². The summed E-state index contributed by atoms with van der Waals surface area (Å²) in [5, 5.41) is 1.77. The number of allylic oxidation sites excluding steroid dienone is 3. The highest BCUT2D eigenvalue weighted by atomic mass is 16.5. The van der Waals surface area contributed by atoms with Gasteiger partial charge in [-0.3, -0.25) is 4.79 Å². The third-order valence-electron chi connectivity index (χ3n) is 5.68. The van der Waals surface area contributed by atoms with Crippen molar-refractivity contribution in [2.75, 3.05) is 6.61 Å². The molecule has 3 atom stereocenters. The third-order valence-corrected chi connectivity index (χ3v) is 5.68. The van der Waals surface area contributed by atoms with E-state index in [2.05, 4.69) is 25.3 Å². The van der Waals surface area contributed by atoms with Gasteiger partial charge in [-0.2, -0.15) is 0 Å². The van der Waals surface area contributed by atoms with Crippen molar-refractivity contribution in [2.45, 2.75) is 12.8 Å². The second-order valence-corrected chi connectivity index (χ2v) is 7.60. The van der Waals surface area contributed by atoms with Crippen LogP contribution in [0.25, 0.3) is 19.2 Å². The molecule has 2 aromatic rings. The van der Waals surface area contributed by atoms with Crippen molar-refractivity contribution < 1.29 is 9.53 Å². The van der Waals surface area contributed by atoms with Gasteiger partial charge in [0.2, 0.25) is 0 Å². The predicted molar refractivity (Wildman–Crippen MR) is 111 cm³/mol. The summed E-state index contributed by atoms with van der Waals surface area (Å²) in [4.78, 5) is 12.4.